The van der Waals surface area contributed by atoms with E-state index in [2.05, 4.69) is 0 Å². The third kappa shape index (κ3) is 3.21. The van der Waals surface area contributed by atoms with Crippen molar-refractivity contribution in [3.63, 3.8) is 0 Å². The standard InChI is InChI=1S/C21H19F2NO2/c22-19-9-6-15(12-20(19)23)16-10-17-7-8-18(11-16)24(17)21(25)26-13-14-4-2-1-3-5-14/h1-6,9-10,12,17-18H,7-8,11,13H2. The molecule has 2 aliphatic heterocycles. The van der Waals surface area contributed by atoms with Crippen molar-refractivity contribution in [3.05, 3.63) is 77.4 Å². The van der Waals surface area contributed by atoms with Gasteiger partial charge in [-0.25, -0.2) is 13.6 Å². The van der Waals surface area contributed by atoms with E-state index in [4.69, 9.17) is 4.74 Å². The zero-order chi connectivity index (χ0) is 18.1. The minimum absolute atomic E-state index is 0.0383. The lowest BCUT2D eigenvalue weighted by atomic mass is 9.95. The summed E-state index contributed by atoms with van der Waals surface area (Å²) in [6.45, 7) is 0.245. The quantitative estimate of drug-likeness (QED) is 0.782. The number of amides is 1. The minimum Gasteiger partial charge on any atom is -0.445 e. The number of halogens is 2. The molecule has 2 bridgehead atoms. The maximum atomic E-state index is 13.5. The summed E-state index contributed by atoms with van der Waals surface area (Å²) in [6, 6.07) is 13.5. The van der Waals surface area contributed by atoms with Crippen molar-refractivity contribution in [2.24, 2.45) is 0 Å². The molecule has 134 valence electrons. The van der Waals surface area contributed by atoms with Gasteiger partial charge in [-0.1, -0.05) is 42.5 Å². The van der Waals surface area contributed by atoms with Gasteiger partial charge in [0.25, 0.3) is 0 Å². The number of nitrogens with zero attached hydrogens (tertiary/aromatic N) is 1. The molecule has 0 N–H and O–H groups in total. The second kappa shape index (κ2) is 6.90. The summed E-state index contributed by atoms with van der Waals surface area (Å²) in [6.07, 6.45) is 4.04. The van der Waals surface area contributed by atoms with Crippen molar-refractivity contribution in [1.29, 1.82) is 0 Å². The monoisotopic (exact) mass is 355 g/mol. The lowest BCUT2D eigenvalue weighted by Crippen LogP contribution is -2.43. The predicted molar refractivity (Wildman–Crippen MR) is 94.2 cm³/mol. The fourth-order valence-electron chi connectivity index (χ4n) is 3.82. The summed E-state index contributed by atoms with van der Waals surface area (Å²) in [4.78, 5) is 14.3. The molecular weight excluding hydrogens is 336 g/mol. The Morgan fingerprint density at radius 3 is 2.62 bits per heavy atom. The average Bonchev–Trinajstić information content (AvgIpc) is 2.92. The van der Waals surface area contributed by atoms with Crippen molar-refractivity contribution in [2.45, 2.75) is 38.0 Å². The third-order valence-corrected chi connectivity index (χ3v) is 5.10. The van der Waals surface area contributed by atoms with Crippen LogP contribution in [0.2, 0.25) is 0 Å². The second-order valence-corrected chi connectivity index (χ2v) is 6.77. The molecule has 0 saturated carbocycles. The lowest BCUT2D eigenvalue weighted by molar-refractivity contribution is 0.0832. The van der Waals surface area contributed by atoms with Crippen LogP contribution in [0.15, 0.2) is 54.6 Å². The van der Waals surface area contributed by atoms with E-state index in [1.54, 1.807) is 11.0 Å². The molecule has 2 aliphatic rings. The van der Waals surface area contributed by atoms with Gasteiger partial charge in [0.15, 0.2) is 11.6 Å². The Morgan fingerprint density at radius 2 is 1.88 bits per heavy atom. The van der Waals surface area contributed by atoms with Gasteiger partial charge in [0.2, 0.25) is 0 Å². The molecule has 1 saturated heterocycles. The summed E-state index contributed by atoms with van der Waals surface area (Å²) in [5, 5.41) is 0. The van der Waals surface area contributed by atoms with Gasteiger partial charge in [-0.05, 0) is 48.1 Å². The van der Waals surface area contributed by atoms with E-state index >= 15 is 0 Å². The Balaban J connectivity index is 1.47. The van der Waals surface area contributed by atoms with Gasteiger partial charge in [-0.3, -0.25) is 4.90 Å². The second-order valence-electron chi connectivity index (χ2n) is 6.77. The van der Waals surface area contributed by atoms with Crippen molar-refractivity contribution >= 4 is 11.7 Å². The molecule has 2 heterocycles. The van der Waals surface area contributed by atoms with Crippen molar-refractivity contribution in [2.75, 3.05) is 0 Å². The zero-order valence-corrected chi connectivity index (χ0v) is 14.2. The van der Waals surface area contributed by atoms with Crippen LogP contribution in [0.3, 0.4) is 0 Å². The van der Waals surface area contributed by atoms with Crippen LogP contribution in [0.4, 0.5) is 13.6 Å². The fraction of sp³-hybridized carbons (Fsp3) is 0.286. The molecule has 2 unspecified atom stereocenters. The number of hydrogen-bond donors (Lipinski definition) is 0. The SMILES string of the molecule is O=C(OCc1ccccc1)N1C2C=C(c3ccc(F)c(F)c3)CC1CC2. The molecule has 3 nitrogen and oxygen atoms in total. The van der Waals surface area contributed by atoms with Crippen molar-refractivity contribution in [3.8, 4) is 0 Å². The first kappa shape index (κ1) is 16.8. The van der Waals surface area contributed by atoms with Gasteiger partial charge in [0, 0.05) is 6.04 Å². The molecule has 0 aliphatic carbocycles. The van der Waals surface area contributed by atoms with Gasteiger partial charge >= 0.3 is 6.09 Å². The van der Waals surface area contributed by atoms with Crippen LogP contribution in [-0.4, -0.2) is 23.1 Å². The van der Waals surface area contributed by atoms with Gasteiger partial charge in [-0.15, -0.1) is 0 Å². The molecule has 2 atom stereocenters. The molecule has 0 aromatic heterocycles. The molecule has 0 radical (unpaired) electrons. The van der Waals surface area contributed by atoms with Crippen LogP contribution < -0.4 is 0 Å². The van der Waals surface area contributed by atoms with Crippen LogP contribution in [0.1, 0.15) is 30.4 Å². The number of carbonyl (C=O) groups excluding carboxylic acids is 1. The predicted octanol–water partition coefficient (Wildman–Crippen LogP) is 4.92. The zero-order valence-electron chi connectivity index (χ0n) is 14.2. The largest absolute Gasteiger partial charge is 0.445 e. The highest BCUT2D eigenvalue weighted by Crippen LogP contribution is 2.39. The van der Waals surface area contributed by atoms with Crippen LogP contribution in [0.25, 0.3) is 5.57 Å². The highest BCUT2D eigenvalue weighted by atomic mass is 19.2. The molecule has 26 heavy (non-hydrogen) atoms. The van der Waals surface area contributed by atoms with E-state index in [1.165, 1.54) is 6.07 Å². The number of ether oxygens (including phenoxy) is 1. The molecular formula is C21H19F2NO2. The Kier molecular flexibility index (Phi) is 4.45. The summed E-state index contributed by atoms with van der Waals surface area (Å²) in [5.74, 6) is -1.69. The first-order valence-corrected chi connectivity index (χ1v) is 8.77. The van der Waals surface area contributed by atoms with E-state index in [9.17, 15) is 13.6 Å². The van der Waals surface area contributed by atoms with Gasteiger partial charge < -0.3 is 4.74 Å². The molecule has 1 fully saturated rings. The number of fused-ring (bicyclic) bond motifs is 2. The average molecular weight is 355 g/mol. The third-order valence-electron chi connectivity index (χ3n) is 5.10. The maximum Gasteiger partial charge on any atom is 0.410 e. The molecule has 4 rings (SSSR count). The molecule has 0 spiro atoms. The summed E-state index contributed by atoms with van der Waals surface area (Å²) in [5.41, 5.74) is 2.59. The number of benzene rings is 2. The minimum atomic E-state index is -0.848. The number of hydrogen-bond acceptors (Lipinski definition) is 2. The topological polar surface area (TPSA) is 29.5 Å². The summed E-state index contributed by atoms with van der Waals surface area (Å²) >= 11 is 0. The first-order chi connectivity index (χ1) is 12.6. The maximum absolute atomic E-state index is 13.5. The summed E-state index contributed by atoms with van der Waals surface area (Å²) < 4.78 is 32.2. The summed E-state index contributed by atoms with van der Waals surface area (Å²) in [7, 11) is 0. The molecule has 2 aromatic rings. The smallest absolute Gasteiger partial charge is 0.410 e. The van der Waals surface area contributed by atoms with E-state index in [0.29, 0.717) is 12.0 Å². The molecule has 5 heteroatoms. The molecule has 2 aromatic carbocycles. The van der Waals surface area contributed by atoms with Crippen LogP contribution >= 0.6 is 0 Å². The lowest BCUT2D eigenvalue weighted by Gasteiger charge is -2.33. The first-order valence-electron chi connectivity index (χ1n) is 8.77. The number of carbonyl (C=O) groups is 1. The van der Waals surface area contributed by atoms with E-state index in [0.717, 1.165) is 30.0 Å². The Morgan fingerprint density at radius 1 is 1.08 bits per heavy atom. The van der Waals surface area contributed by atoms with Gasteiger partial charge in [0.1, 0.15) is 6.61 Å². The fourth-order valence-corrected chi connectivity index (χ4v) is 3.82. The Bertz CT molecular complexity index is 850. The molecule has 1 amide bonds. The van der Waals surface area contributed by atoms with Crippen molar-refractivity contribution in [1.82, 2.24) is 4.90 Å². The van der Waals surface area contributed by atoms with Crippen LogP contribution in [0, 0.1) is 11.6 Å². The van der Waals surface area contributed by atoms with E-state index in [-0.39, 0.29) is 24.8 Å². The number of rotatable bonds is 3. The Labute approximate surface area is 150 Å². The Hall–Kier alpha value is -2.69. The van der Waals surface area contributed by atoms with E-state index in [1.807, 2.05) is 36.4 Å². The normalized spacial score (nSPS) is 21.5. The van der Waals surface area contributed by atoms with Gasteiger partial charge in [0.05, 0.1) is 6.04 Å². The highest BCUT2D eigenvalue weighted by molar-refractivity contribution is 5.75. The van der Waals surface area contributed by atoms with Crippen LogP contribution in [0.5, 0.6) is 0 Å². The highest BCUT2D eigenvalue weighted by Gasteiger charge is 2.40. The van der Waals surface area contributed by atoms with Gasteiger partial charge in [-0.2, -0.15) is 0 Å². The van der Waals surface area contributed by atoms with Crippen molar-refractivity contribution < 1.29 is 18.3 Å². The van der Waals surface area contributed by atoms with E-state index < -0.39 is 11.6 Å². The van der Waals surface area contributed by atoms with Crippen LogP contribution in [-0.2, 0) is 11.3 Å².